The zero-order chi connectivity index (χ0) is 16.6. The maximum Gasteiger partial charge on any atom is 0.280 e. The monoisotopic (exact) mass is 422 g/mol. The topological polar surface area (TPSA) is 75.7 Å². The quantitative estimate of drug-likeness (QED) is 0.609. The number of hydrogen-bond acceptors (Lipinski definition) is 4. The van der Waals surface area contributed by atoms with Crippen molar-refractivity contribution in [3.63, 3.8) is 0 Å². The lowest BCUT2D eigenvalue weighted by atomic mass is 10.1. The highest BCUT2D eigenvalue weighted by molar-refractivity contribution is 14.1. The van der Waals surface area contributed by atoms with Crippen LogP contribution in [0.4, 0.5) is 0 Å². The number of imide groups is 1. The third-order valence-corrected chi connectivity index (χ3v) is 4.26. The Kier molecular flexibility index (Phi) is 4.03. The molecule has 3 amide bonds. The molecule has 1 heterocycles. The van der Waals surface area contributed by atoms with Crippen molar-refractivity contribution in [2.24, 2.45) is 0 Å². The summed E-state index contributed by atoms with van der Waals surface area (Å²) in [6, 6.07) is 11.3. The molecule has 2 aromatic carbocycles. The normalized spacial score (nSPS) is 13.0. The van der Waals surface area contributed by atoms with Gasteiger partial charge in [-0.05, 0) is 52.9 Å². The smallest absolute Gasteiger partial charge is 0.280 e. The van der Waals surface area contributed by atoms with Gasteiger partial charge in [-0.1, -0.05) is 12.1 Å². The van der Waals surface area contributed by atoms with Gasteiger partial charge >= 0.3 is 0 Å². The molecule has 0 aliphatic carbocycles. The van der Waals surface area contributed by atoms with Crippen LogP contribution in [0, 0.1) is 3.57 Å². The van der Waals surface area contributed by atoms with Crippen molar-refractivity contribution in [1.29, 1.82) is 0 Å². The fourth-order valence-corrected chi connectivity index (χ4v) is 3.00. The van der Waals surface area contributed by atoms with E-state index in [1.165, 1.54) is 7.11 Å². The van der Waals surface area contributed by atoms with Crippen LogP contribution in [0.1, 0.15) is 31.1 Å². The number of carbonyl (C=O) groups excluding carboxylic acids is 3. The molecule has 23 heavy (non-hydrogen) atoms. The minimum Gasteiger partial charge on any atom is -0.496 e. The Hall–Kier alpha value is -2.42. The first-order valence-corrected chi connectivity index (χ1v) is 7.73. The van der Waals surface area contributed by atoms with Crippen LogP contribution in [0.3, 0.4) is 0 Å². The maximum atomic E-state index is 12.3. The van der Waals surface area contributed by atoms with Gasteiger partial charge in [-0.2, -0.15) is 5.01 Å². The minimum absolute atomic E-state index is 0.280. The molecule has 0 radical (unpaired) electrons. The van der Waals surface area contributed by atoms with Crippen molar-refractivity contribution in [3.8, 4) is 5.75 Å². The number of nitrogens with one attached hydrogen (secondary N) is 1. The van der Waals surface area contributed by atoms with Crippen molar-refractivity contribution >= 4 is 40.3 Å². The SMILES string of the molecule is COc1ccc(C(=O)NN2C(=O)c3ccccc3C2=O)cc1I. The predicted octanol–water partition coefficient (Wildman–Crippen LogP) is 2.24. The number of hydrogen-bond donors (Lipinski definition) is 1. The number of methoxy groups -OCH3 is 1. The van der Waals surface area contributed by atoms with E-state index >= 15 is 0 Å². The van der Waals surface area contributed by atoms with E-state index in [9.17, 15) is 14.4 Å². The molecular weight excluding hydrogens is 411 g/mol. The summed E-state index contributed by atoms with van der Waals surface area (Å²) in [7, 11) is 1.54. The number of fused-ring (bicyclic) bond motifs is 1. The Labute approximate surface area is 145 Å². The van der Waals surface area contributed by atoms with Gasteiger partial charge in [0.25, 0.3) is 17.7 Å². The lowest BCUT2D eigenvalue weighted by Gasteiger charge is -2.15. The van der Waals surface area contributed by atoms with Crippen molar-refractivity contribution in [3.05, 3.63) is 62.7 Å². The van der Waals surface area contributed by atoms with Crippen LogP contribution >= 0.6 is 22.6 Å². The molecule has 0 bridgehead atoms. The van der Waals surface area contributed by atoms with Crippen LogP contribution in [-0.2, 0) is 0 Å². The summed E-state index contributed by atoms with van der Waals surface area (Å²) in [5.41, 5.74) is 3.24. The van der Waals surface area contributed by atoms with Crippen LogP contribution in [0.5, 0.6) is 5.75 Å². The highest BCUT2D eigenvalue weighted by atomic mass is 127. The number of benzene rings is 2. The standard InChI is InChI=1S/C16H11IN2O4/c1-23-13-7-6-9(8-12(13)17)14(20)18-19-15(21)10-4-2-3-5-11(10)16(19)22/h2-8H,1H3,(H,18,20). The Balaban J connectivity index is 1.83. The molecule has 6 nitrogen and oxygen atoms in total. The van der Waals surface area contributed by atoms with Crippen LogP contribution in [0.15, 0.2) is 42.5 Å². The van der Waals surface area contributed by atoms with Gasteiger partial charge in [0.15, 0.2) is 0 Å². The molecule has 1 aliphatic rings. The molecule has 0 aromatic heterocycles. The zero-order valence-corrected chi connectivity index (χ0v) is 14.2. The summed E-state index contributed by atoms with van der Waals surface area (Å²) in [4.78, 5) is 36.7. The molecule has 3 rings (SSSR count). The summed E-state index contributed by atoms with van der Waals surface area (Å²) in [5, 5.41) is 0.740. The van der Waals surface area contributed by atoms with Gasteiger partial charge in [-0.3, -0.25) is 19.8 Å². The molecule has 0 atom stereocenters. The van der Waals surface area contributed by atoms with Gasteiger partial charge in [0.2, 0.25) is 0 Å². The van der Waals surface area contributed by atoms with Gasteiger partial charge < -0.3 is 4.74 Å². The molecule has 2 aromatic rings. The van der Waals surface area contributed by atoms with Crippen molar-refractivity contribution in [1.82, 2.24) is 10.4 Å². The van der Waals surface area contributed by atoms with Gasteiger partial charge in [-0.15, -0.1) is 0 Å². The van der Waals surface area contributed by atoms with E-state index in [1.807, 2.05) is 22.6 Å². The third kappa shape index (κ3) is 2.67. The number of rotatable bonds is 3. The van der Waals surface area contributed by atoms with Gasteiger partial charge in [0, 0.05) is 5.56 Å². The molecule has 116 valence electrons. The summed E-state index contributed by atoms with van der Waals surface area (Å²) in [6.07, 6.45) is 0. The van der Waals surface area contributed by atoms with E-state index < -0.39 is 17.7 Å². The van der Waals surface area contributed by atoms with Gasteiger partial charge in [0.05, 0.1) is 21.8 Å². The van der Waals surface area contributed by atoms with E-state index in [1.54, 1.807) is 42.5 Å². The highest BCUT2D eigenvalue weighted by Crippen LogP contribution is 2.23. The molecule has 0 saturated carbocycles. The molecule has 0 spiro atoms. The van der Waals surface area contributed by atoms with Crippen LogP contribution in [0.2, 0.25) is 0 Å². The van der Waals surface area contributed by atoms with Crippen LogP contribution in [0.25, 0.3) is 0 Å². The summed E-state index contributed by atoms with van der Waals surface area (Å²) in [6.45, 7) is 0. The average Bonchev–Trinajstić information content (AvgIpc) is 2.80. The Morgan fingerprint density at radius 3 is 2.22 bits per heavy atom. The fourth-order valence-electron chi connectivity index (χ4n) is 2.26. The lowest BCUT2D eigenvalue weighted by molar-refractivity contribution is 0.0518. The van der Waals surface area contributed by atoms with E-state index in [0.717, 1.165) is 8.58 Å². The second kappa shape index (κ2) is 5.99. The second-order valence-electron chi connectivity index (χ2n) is 4.78. The van der Waals surface area contributed by atoms with E-state index in [0.29, 0.717) is 11.3 Å². The fraction of sp³-hybridized carbons (Fsp3) is 0.0625. The largest absolute Gasteiger partial charge is 0.496 e. The number of ether oxygens (including phenoxy) is 1. The maximum absolute atomic E-state index is 12.3. The number of hydrazine groups is 1. The van der Waals surface area contributed by atoms with Crippen LogP contribution < -0.4 is 10.2 Å². The zero-order valence-electron chi connectivity index (χ0n) is 12.0. The number of amides is 3. The molecule has 0 fully saturated rings. The highest BCUT2D eigenvalue weighted by Gasteiger charge is 2.36. The first-order chi connectivity index (χ1) is 11.0. The molecule has 1 aliphatic heterocycles. The summed E-state index contributed by atoms with van der Waals surface area (Å²) >= 11 is 2.04. The Morgan fingerprint density at radius 2 is 1.70 bits per heavy atom. The van der Waals surface area contributed by atoms with Gasteiger partial charge in [-0.25, -0.2) is 0 Å². The first kappa shape index (κ1) is 15.5. The van der Waals surface area contributed by atoms with Crippen molar-refractivity contribution in [2.75, 3.05) is 7.11 Å². The lowest BCUT2D eigenvalue weighted by Crippen LogP contribution is -2.45. The van der Waals surface area contributed by atoms with E-state index in [4.69, 9.17) is 4.74 Å². The third-order valence-electron chi connectivity index (χ3n) is 3.42. The number of halogens is 1. The Bertz CT molecular complexity index is 800. The van der Waals surface area contributed by atoms with Crippen LogP contribution in [-0.4, -0.2) is 29.8 Å². The van der Waals surface area contributed by atoms with E-state index in [-0.39, 0.29) is 11.1 Å². The summed E-state index contributed by atoms with van der Waals surface area (Å²) < 4.78 is 5.88. The van der Waals surface area contributed by atoms with E-state index in [2.05, 4.69) is 5.43 Å². The second-order valence-corrected chi connectivity index (χ2v) is 5.94. The average molecular weight is 422 g/mol. The van der Waals surface area contributed by atoms with Gasteiger partial charge in [0.1, 0.15) is 5.75 Å². The summed E-state index contributed by atoms with van der Waals surface area (Å²) in [5.74, 6) is -0.979. The Morgan fingerprint density at radius 1 is 1.09 bits per heavy atom. The van der Waals surface area contributed by atoms with Crippen molar-refractivity contribution < 1.29 is 19.1 Å². The molecule has 0 unspecified atom stereocenters. The first-order valence-electron chi connectivity index (χ1n) is 6.65. The predicted molar refractivity (Wildman–Crippen MR) is 90.1 cm³/mol. The number of carbonyl (C=O) groups is 3. The molecule has 0 saturated heterocycles. The molecular formula is C16H11IN2O4. The van der Waals surface area contributed by atoms with Crippen molar-refractivity contribution in [2.45, 2.75) is 0 Å². The number of nitrogens with zero attached hydrogens (tertiary/aromatic N) is 1. The molecule has 1 N–H and O–H groups in total. The molecule has 7 heteroatoms. The minimum atomic E-state index is -0.542.